The lowest BCUT2D eigenvalue weighted by Crippen LogP contribution is -2.30. The van der Waals surface area contributed by atoms with E-state index in [-0.39, 0.29) is 24.1 Å². The fourth-order valence-corrected chi connectivity index (χ4v) is 2.75. The summed E-state index contributed by atoms with van der Waals surface area (Å²) in [5.41, 5.74) is 0.668. The molecule has 0 saturated carbocycles. The highest BCUT2D eigenvalue weighted by atomic mass is 79.9. The van der Waals surface area contributed by atoms with Crippen molar-refractivity contribution in [1.29, 1.82) is 0 Å². The minimum absolute atomic E-state index is 0.0544. The summed E-state index contributed by atoms with van der Waals surface area (Å²) in [4.78, 5) is 0. The molecule has 2 nitrogen and oxygen atoms in total. The van der Waals surface area contributed by atoms with Crippen LogP contribution in [0.25, 0.3) is 0 Å². The molecule has 0 radical (unpaired) electrons. The molecule has 2 rings (SSSR count). The number of likely N-dealkylation sites (N-methyl/N-ethyl adjacent to an activating group) is 1. The summed E-state index contributed by atoms with van der Waals surface area (Å²) in [6.45, 7) is 2.06. The monoisotopic (exact) mass is 301 g/mol. The fourth-order valence-electron chi connectivity index (χ4n) is 2.37. The predicted octanol–water partition coefficient (Wildman–Crippen LogP) is 3.42. The molecule has 0 spiro atoms. The zero-order chi connectivity index (χ0) is 12.4. The summed E-state index contributed by atoms with van der Waals surface area (Å²) in [7, 11) is 1.84. The molecule has 3 unspecified atom stereocenters. The Labute approximate surface area is 110 Å². The number of nitrogens with one attached hydrogen (secondary N) is 1. The van der Waals surface area contributed by atoms with Gasteiger partial charge in [-0.05, 0) is 45.0 Å². The van der Waals surface area contributed by atoms with E-state index in [9.17, 15) is 4.39 Å². The number of ether oxygens (including phenoxy) is 1. The molecule has 0 aliphatic carbocycles. The molecular formula is C13H17BrFNO. The van der Waals surface area contributed by atoms with Gasteiger partial charge < -0.3 is 10.1 Å². The zero-order valence-electron chi connectivity index (χ0n) is 10.0. The summed E-state index contributed by atoms with van der Waals surface area (Å²) >= 11 is 3.38. The standard InChI is InChI=1S/C13H17BrFNO/c1-8-3-6-12(17-8)13(16-2)10-7-9(14)4-5-11(10)15/h4-5,7-8,12-13,16H,3,6H2,1-2H3. The SMILES string of the molecule is CNC(c1cc(Br)ccc1F)C1CCC(C)O1. The Kier molecular flexibility index (Phi) is 4.17. The van der Waals surface area contributed by atoms with E-state index >= 15 is 0 Å². The number of benzene rings is 1. The van der Waals surface area contributed by atoms with Gasteiger partial charge in [0, 0.05) is 10.0 Å². The Balaban J connectivity index is 2.25. The molecule has 0 aromatic heterocycles. The highest BCUT2D eigenvalue weighted by Gasteiger charge is 2.31. The molecule has 1 heterocycles. The van der Waals surface area contributed by atoms with Crippen LogP contribution >= 0.6 is 15.9 Å². The summed E-state index contributed by atoms with van der Waals surface area (Å²) in [6.07, 6.45) is 2.33. The average molecular weight is 302 g/mol. The summed E-state index contributed by atoms with van der Waals surface area (Å²) in [6, 6.07) is 4.94. The van der Waals surface area contributed by atoms with E-state index in [1.54, 1.807) is 6.07 Å². The molecule has 17 heavy (non-hydrogen) atoms. The first kappa shape index (κ1) is 13.0. The maximum Gasteiger partial charge on any atom is 0.128 e. The Morgan fingerprint density at radius 3 is 2.82 bits per heavy atom. The van der Waals surface area contributed by atoms with Crippen molar-refractivity contribution >= 4 is 15.9 Å². The van der Waals surface area contributed by atoms with E-state index in [1.165, 1.54) is 6.07 Å². The van der Waals surface area contributed by atoms with Crippen LogP contribution in [0, 0.1) is 5.82 Å². The van der Waals surface area contributed by atoms with Crippen LogP contribution < -0.4 is 5.32 Å². The van der Waals surface area contributed by atoms with Crippen LogP contribution in [-0.4, -0.2) is 19.3 Å². The zero-order valence-corrected chi connectivity index (χ0v) is 11.6. The molecule has 0 amide bonds. The molecule has 1 N–H and O–H groups in total. The maximum atomic E-state index is 13.8. The average Bonchev–Trinajstić information content (AvgIpc) is 2.71. The first-order valence-corrected chi connectivity index (χ1v) is 6.68. The molecule has 1 aliphatic heterocycles. The first-order valence-electron chi connectivity index (χ1n) is 5.89. The highest BCUT2D eigenvalue weighted by molar-refractivity contribution is 9.10. The van der Waals surface area contributed by atoms with E-state index in [0.717, 1.165) is 17.3 Å². The Morgan fingerprint density at radius 2 is 2.24 bits per heavy atom. The van der Waals surface area contributed by atoms with Crippen molar-refractivity contribution in [1.82, 2.24) is 5.32 Å². The van der Waals surface area contributed by atoms with Crippen molar-refractivity contribution in [2.75, 3.05) is 7.05 Å². The minimum atomic E-state index is -0.185. The molecule has 1 aromatic rings. The van der Waals surface area contributed by atoms with Gasteiger partial charge in [0.15, 0.2) is 0 Å². The third-order valence-electron chi connectivity index (χ3n) is 3.24. The highest BCUT2D eigenvalue weighted by Crippen LogP contribution is 2.32. The Morgan fingerprint density at radius 1 is 1.47 bits per heavy atom. The van der Waals surface area contributed by atoms with Crippen molar-refractivity contribution in [3.63, 3.8) is 0 Å². The fraction of sp³-hybridized carbons (Fsp3) is 0.538. The predicted molar refractivity (Wildman–Crippen MR) is 69.5 cm³/mol. The third kappa shape index (κ3) is 2.87. The van der Waals surface area contributed by atoms with Gasteiger partial charge in [0.05, 0.1) is 18.2 Å². The molecule has 3 atom stereocenters. The van der Waals surface area contributed by atoms with Crippen molar-refractivity contribution in [3.8, 4) is 0 Å². The van der Waals surface area contributed by atoms with Gasteiger partial charge in [-0.15, -0.1) is 0 Å². The largest absolute Gasteiger partial charge is 0.373 e. The molecule has 1 saturated heterocycles. The van der Waals surface area contributed by atoms with E-state index in [1.807, 2.05) is 13.1 Å². The molecule has 1 fully saturated rings. The van der Waals surface area contributed by atoms with Gasteiger partial charge in [-0.1, -0.05) is 15.9 Å². The van der Waals surface area contributed by atoms with Crippen LogP contribution in [0.2, 0.25) is 0 Å². The van der Waals surface area contributed by atoms with Gasteiger partial charge in [-0.25, -0.2) is 4.39 Å². The van der Waals surface area contributed by atoms with Gasteiger partial charge in [0.25, 0.3) is 0 Å². The summed E-state index contributed by atoms with van der Waals surface area (Å²) < 4.78 is 20.5. The maximum absolute atomic E-state index is 13.8. The van der Waals surface area contributed by atoms with E-state index < -0.39 is 0 Å². The van der Waals surface area contributed by atoms with Crippen molar-refractivity contribution in [2.45, 2.75) is 38.0 Å². The topological polar surface area (TPSA) is 21.3 Å². The van der Waals surface area contributed by atoms with E-state index in [0.29, 0.717) is 5.56 Å². The molecule has 1 aromatic carbocycles. The second-order valence-corrected chi connectivity index (χ2v) is 5.41. The second kappa shape index (κ2) is 5.46. The van der Waals surface area contributed by atoms with Crippen LogP contribution in [0.1, 0.15) is 31.4 Å². The van der Waals surface area contributed by atoms with Crippen LogP contribution in [-0.2, 0) is 4.74 Å². The number of halogens is 2. The lowest BCUT2D eigenvalue weighted by Gasteiger charge is -2.24. The normalized spacial score (nSPS) is 26.1. The number of hydrogen-bond acceptors (Lipinski definition) is 2. The van der Waals surface area contributed by atoms with Gasteiger partial charge in [-0.3, -0.25) is 0 Å². The lowest BCUT2D eigenvalue weighted by atomic mass is 9.99. The second-order valence-electron chi connectivity index (χ2n) is 4.49. The minimum Gasteiger partial charge on any atom is -0.373 e. The first-order chi connectivity index (χ1) is 8.11. The van der Waals surface area contributed by atoms with E-state index in [4.69, 9.17) is 4.74 Å². The summed E-state index contributed by atoms with van der Waals surface area (Å²) in [5.74, 6) is -0.185. The van der Waals surface area contributed by atoms with Gasteiger partial charge in [0.1, 0.15) is 5.82 Å². The number of hydrogen-bond donors (Lipinski definition) is 1. The Hall–Kier alpha value is -0.450. The van der Waals surface area contributed by atoms with Gasteiger partial charge in [0.2, 0.25) is 0 Å². The number of rotatable bonds is 3. The summed E-state index contributed by atoms with van der Waals surface area (Å²) in [5, 5.41) is 3.16. The molecular weight excluding hydrogens is 285 g/mol. The van der Waals surface area contributed by atoms with Gasteiger partial charge in [-0.2, -0.15) is 0 Å². The molecule has 94 valence electrons. The van der Waals surface area contributed by atoms with Crippen LogP contribution in [0.4, 0.5) is 4.39 Å². The van der Waals surface area contributed by atoms with E-state index in [2.05, 4.69) is 28.2 Å². The Bertz CT molecular complexity index is 399. The van der Waals surface area contributed by atoms with Crippen molar-refractivity contribution in [2.24, 2.45) is 0 Å². The van der Waals surface area contributed by atoms with Crippen LogP contribution in [0.3, 0.4) is 0 Å². The van der Waals surface area contributed by atoms with Crippen molar-refractivity contribution < 1.29 is 9.13 Å². The molecule has 0 bridgehead atoms. The lowest BCUT2D eigenvalue weighted by molar-refractivity contribution is 0.0325. The third-order valence-corrected chi connectivity index (χ3v) is 3.73. The molecule has 1 aliphatic rings. The van der Waals surface area contributed by atoms with Crippen molar-refractivity contribution in [3.05, 3.63) is 34.1 Å². The quantitative estimate of drug-likeness (QED) is 0.924. The van der Waals surface area contributed by atoms with Crippen LogP contribution in [0.15, 0.2) is 22.7 Å². The smallest absolute Gasteiger partial charge is 0.128 e. The molecule has 4 heteroatoms. The van der Waals surface area contributed by atoms with Gasteiger partial charge >= 0.3 is 0 Å². The van der Waals surface area contributed by atoms with Crippen LogP contribution in [0.5, 0.6) is 0 Å².